The van der Waals surface area contributed by atoms with Crippen LogP contribution in [-0.2, 0) is 9.59 Å². The van der Waals surface area contributed by atoms with Crippen LogP contribution in [-0.4, -0.2) is 41.6 Å². The second-order valence-corrected chi connectivity index (χ2v) is 5.89. The highest BCUT2D eigenvalue weighted by Crippen LogP contribution is 2.23. The molecule has 3 rings (SSSR count). The number of rotatable bonds is 5. The van der Waals surface area contributed by atoms with Crippen LogP contribution in [0.15, 0.2) is 53.6 Å². The van der Waals surface area contributed by atoms with Gasteiger partial charge in [0.1, 0.15) is 11.8 Å². The van der Waals surface area contributed by atoms with Gasteiger partial charge in [-0.25, -0.2) is 9.69 Å². The van der Waals surface area contributed by atoms with E-state index in [1.165, 1.54) is 0 Å². The zero-order valence-corrected chi connectivity index (χ0v) is 14.5. The molecule has 26 heavy (non-hydrogen) atoms. The number of carbonyl (C=O) groups excluding carboxylic acids is 3. The van der Waals surface area contributed by atoms with Crippen LogP contribution in [0.1, 0.15) is 13.3 Å². The van der Waals surface area contributed by atoms with Crippen LogP contribution in [0.25, 0.3) is 0 Å². The van der Waals surface area contributed by atoms with E-state index in [1.807, 2.05) is 0 Å². The smallest absolute Gasteiger partial charge is 0.351 e. The fourth-order valence-electron chi connectivity index (χ4n) is 2.93. The Kier molecular flexibility index (Phi) is 4.97. The van der Waals surface area contributed by atoms with Crippen molar-refractivity contribution in [2.75, 3.05) is 12.4 Å². The molecule has 2 aliphatic rings. The molecule has 0 saturated heterocycles. The Hall–Kier alpha value is -3.22. The normalized spacial score (nSPS) is 19.7. The highest BCUT2D eigenvalue weighted by atomic mass is 16.5. The van der Waals surface area contributed by atoms with E-state index in [0.29, 0.717) is 17.1 Å². The third-order valence-corrected chi connectivity index (χ3v) is 4.29. The van der Waals surface area contributed by atoms with Crippen molar-refractivity contribution in [3.63, 3.8) is 0 Å². The minimum atomic E-state index is -0.929. The van der Waals surface area contributed by atoms with Crippen LogP contribution in [0.2, 0.25) is 0 Å². The number of amides is 4. The first-order chi connectivity index (χ1) is 12.5. The summed E-state index contributed by atoms with van der Waals surface area (Å²) in [7, 11) is 1.55. The van der Waals surface area contributed by atoms with Crippen molar-refractivity contribution in [3.8, 4) is 5.75 Å². The van der Waals surface area contributed by atoms with Gasteiger partial charge in [-0.15, -0.1) is 0 Å². The van der Waals surface area contributed by atoms with Crippen LogP contribution in [0.4, 0.5) is 10.5 Å². The van der Waals surface area contributed by atoms with E-state index < -0.39 is 29.8 Å². The maximum absolute atomic E-state index is 12.8. The predicted octanol–water partition coefficient (Wildman–Crippen LogP) is 2.56. The number of anilines is 1. The molecule has 1 aromatic carbocycles. The van der Waals surface area contributed by atoms with E-state index in [2.05, 4.69) is 10.3 Å². The van der Waals surface area contributed by atoms with Gasteiger partial charge >= 0.3 is 6.03 Å². The summed E-state index contributed by atoms with van der Waals surface area (Å²) in [6, 6.07) is 5.16. The number of carbonyl (C=O) groups is 3. The van der Waals surface area contributed by atoms with Crippen molar-refractivity contribution in [3.05, 3.63) is 48.6 Å². The highest BCUT2D eigenvalue weighted by molar-refractivity contribution is 6.22. The lowest BCUT2D eigenvalue weighted by atomic mass is 9.94. The molecule has 1 N–H and O–H groups in total. The van der Waals surface area contributed by atoms with E-state index in [1.54, 1.807) is 62.6 Å². The molecule has 0 radical (unpaired) electrons. The Balaban J connectivity index is 1.80. The maximum atomic E-state index is 12.8. The number of benzene rings is 1. The topological polar surface area (TPSA) is 88.1 Å². The molecule has 2 unspecified atom stereocenters. The standard InChI is InChI=1S/C19H19N3O4/c1-3-16(17(23)20-12-8-10-13(26-2)11-9-12)22-18(24)14-6-4-5-7-15(14)21-19(22)25/h4-11,14,16H,3H2,1-2H3,(H,20,23). The first kappa shape index (κ1) is 17.6. The molecule has 7 heteroatoms. The molecule has 1 aromatic rings. The number of imide groups is 1. The molecular weight excluding hydrogens is 334 g/mol. The molecule has 0 spiro atoms. The van der Waals surface area contributed by atoms with E-state index in [4.69, 9.17) is 4.74 Å². The number of aliphatic imine (C=N–C) groups is 1. The lowest BCUT2D eigenvalue weighted by molar-refractivity contribution is -0.136. The molecule has 0 aromatic heterocycles. The number of hydrogen-bond acceptors (Lipinski definition) is 4. The second-order valence-electron chi connectivity index (χ2n) is 5.89. The molecule has 0 saturated carbocycles. The van der Waals surface area contributed by atoms with Gasteiger partial charge in [0.15, 0.2) is 0 Å². The average molecular weight is 353 g/mol. The maximum Gasteiger partial charge on any atom is 0.351 e. The molecule has 1 aliphatic carbocycles. The summed E-state index contributed by atoms with van der Waals surface area (Å²) in [4.78, 5) is 42.7. The number of ether oxygens (including phenoxy) is 1. The lowest BCUT2D eigenvalue weighted by Gasteiger charge is -2.33. The molecule has 7 nitrogen and oxygen atoms in total. The summed E-state index contributed by atoms with van der Waals surface area (Å²) in [5, 5.41) is 2.73. The van der Waals surface area contributed by atoms with Gasteiger partial charge < -0.3 is 10.1 Å². The molecular formula is C19H19N3O4. The Morgan fingerprint density at radius 2 is 2.00 bits per heavy atom. The second kappa shape index (κ2) is 7.35. The summed E-state index contributed by atoms with van der Waals surface area (Å²) < 4.78 is 5.08. The Labute approximate surface area is 151 Å². The van der Waals surface area contributed by atoms with E-state index in [9.17, 15) is 14.4 Å². The van der Waals surface area contributed by atoms with Gasteiger partial charge in [0.2, 0.25) is 11.8 Å². The van der Waals surface area contributed by atoms with Gasteiger partial charge in [0, 0.05) is 5.69 Å². The van der Waals surface area contributed by atoms with Crippen LogP contribution in [0, 0.1) is 5.92 Å². The van der Waals surface area contributed by atoms with Crippen LogP contribution in [0.3, 0.4) is 0 Å². The van der Waals surface area contributed by atoms with Gasteiger partial charge in [0.25, 0.3) is 0 Å². The molecule has 0 bridgehead atoms. The van der Waals surface area contributed by atoms with E-state index in [-0.39, 0.29) is 6.42 Å². The van der Waals surface area contributed by atoms with E-state index >= 15 is 0 Å². The third-order valence-electron chi connectivity index (χ3n) is 4.29. The molecule has 0 fully saturated rings. The summed E-state index contributed by atoms with van der Waals surface area (Å²) >= 11 is 0. The predicted molar refractivity (Wildman–Crippen MR) is 97.1 cm³/mol. The van der Waals surface area contributed by atoms with E-state index in [0.717, 1.165) is 4.90 Å². The van der Waals surface area contributed by atoms with Crippen LogP contribution >= 0.6 is 0 Å². The molecule has 4 amide bonds. The van der Waals surface area contributed by atoms with Crippen molar-refractivity contribution in [1.82, 2.24) is 4.90 Å². The third kappa shape index (κ3) is 3.28. The average Bonchev–Trinajstić information content (AvgIpc) is 2.65. The van der Waals surface area contributed by atoms with Crippen LogP contribution in [0.5, 0.6) is 5.75 Å². The summed E-state index contributed by atoms with van der Waals surface area (Å²) in [6.45, 7) is 1.74. The first-order valence-corrected chi connectivity index (χ1v) is 8.30. The summed E-state index contributed by atoms with van der Waals surface area (Å²) in [5.41, 5.74) is 0.958. The fourth-order valence-corrected chi connectivity index (χ4v) is 2.93. The number of fused-ring (bicyclic) bond motifs is 1. The monoisotopic (exact) mass is 353 g/mol. The zero-order chi connectivity index (χ0) is 18.7. The van der Waals surface area contributed by atoms with Crippen LogP contribution < -0.4 is 10.1 Å². The van der Waals surface area contributed by atoms with Gasteiger partial charge in [-0.05, 0) is 36.8 Å². The number of allylic oxidation sites excluding steroid dienone is 3. The number of nitrogens with one attached hydrogen (secondary N) is 1. The van der Waals surface area contributed by atoms with Crippen molar-refractivity contribution >= 4 is 29.2 Å². The van der Waals surface area contributed by atoms with Crippen molar-refractivity contribution in [2.24, 2.45) is 10.9 Å². The molecule has 1 heterocycles. The van der Waals surface area contributed by atoms with Gasteiger partial charge in [-0.2, -0.15) is 4.99 Å². The quantitative estimate of drug-likeness (QED) is 0.881. The minimum absolute atomic E-state index is 0.288. The fraction of sp³-hybridized carbons (Fsp3) is 0.263. The molecule has 134 valence electrons. The van der Waals surface area contributed by atoms with Crippen molar-refractivity contribution in [1.29, 1.82) is 0 Å². The number of nitrogens with zero attached hydrogens (tertiary/aromatic N) is 2. The first-order valence-electron chi connectivity index (χ1n) is 8.30. The lowest BCUT2D eigenvalue weighted by Crippen LogP contribution is -2.54. The summed E-state index contributed by atoms with van der Waals surface area (Å²) in [5.74, 6) is -0.832. The van der Waals surface area contributed by atoms with Gasteiger partial charge in [-0.1, -0.05) is 25.2 Å². The Bertz CT molecular complexity index is 824. The highest BCUT2D eigenvalue weighted by Gasteiger charge is 2.41. The number of urea groups is 1. The minimum Gasteiger partial charge on any atom is -0.497 e. The number of methoxy groups -OCH3 is 1. The Morgan fingerprint density at radius 1 is 1.27 bits per heavy atom. The summed E-state index contributed by atoms with van der Waals surface area (Å²) in [6.07, 6.45) is 7.05. The SMILES string of the molecule is CCC(C(=O)Nc1ccc(OC)cc1)N1C(=O)N=C2C=CC=CC2C1=O. The van der Waals surface area contributed by atoms with Gasteiger partial charge in [-0.3, -0.25) is 9.59 Å². The Morgan fingerprint density at radius 3 is 2.65 bits per heavy atom. The molecule has 1 aliphatic heterocycles. The zero-order valence-electron chi connectivity index (χ0n) is 14.5. The van der Waals surface area contributed by atoms with Gasteiger partial charge in [0.05, 0.1) is 18.7 Å². The van der Waals surface area contributed by atoms with Crippen molar-refractivity contribution < 1.29 is 19.1 Å². The number of hydrogen-bond donors (Lipinski definition) is 1. The van der Waals surface area contributed by atoms with Crippen molar-refractivity contribution in [2.45, 2.75) is 19.4 Å². The molecule has 2 atom stereocenters. The largest absolute Gasteiger partial charge is 0.497 e.